The van der Waals surface area contributed by atoms with Gasteiger partial charge in [0.1, 0.15) is 6.10 Å². The predicted octanol–water partition coefficient (Wildman–Crippen LogP) is 2.85. The Bertz CT molecular complexity index is 294. The number of halogens is 1. The van der Waals surface area contributed by atoms with Gasteiger partial charge < -0.3 is 4.74 Å². The third kappa shape index (κ3) is 3.06. The molecule has 0 aromatic heterocycles. The summed E-state index contributed by atoms with van der Waals surface area (Å²) >= 11 is 5.91. The van der Waals surface area contributed by atoms with Gasteiger partial charge in [0.25, 0.3) is 0 Å². The minimum absolute atomic E-state index is 0.484. The predicted molar refractivity (Wildman–Crippen MR) is 51.2 cm³/mol. The van der Waals surface area contributed by atoms with E-state index in [0.29, 0.717) is 0 Å². The molecule has 0 aliphatic heterocycles. The van der Waals surface area contributed by atoms with Crippen LogP contribution in [0.4, 0.5) is 0 Å². The lowest BCUT2D eigenvalue weighted by molar-refractivity contribution is 0.0768. The van der Waals surface area contributed by atoms with Gasteiger partial charge in [0.05, 0.1) is 6.07 Å². The Labute approximate surface area is 82.7 Å². The quantitative estimate of drug-likeness (QED) is 0.695. The van der Waals surface area contributed by atoms with E-state index in [9.17, 15) is 0 Å². The highest BCUT2D eigenvalue weighted by atomic mass is 35.5. The molecule has 1 aromatic carbocycles. The highest BCUT2D eigenvalue weighted by Crippen LogP contribution is 2.22. The number of nitriles is 1. The fraction of sp³-hybridized carbons (Fsp3) is 0.300. The zero-order valence-electron chi connectivity index (χ0n) is 7.27. The Morgan fingerprint density at radius 2 is 2.00 bits per heavy atom. The first kappa shape index (κ1) is 10.0. The fourth-order valence-corrected chi connectivity index (χ4v) is 1.19. The summed E-state index contributed by atoms with van der Waals surface area (Å²) in [5.41, 5.74) is 0.321. The van der Waals surface area contributed by atoms with Gasteiger partial charge in [-0.05, 0) is 12.5 Å². The molecule has 3 heteroatoms. The average molecular weight is 196 g/mol. The van der Waals surface area contributed by atoms with Crippen LogP contribution in [0.1, 0.15) is 18.1 Å². The van der Waals surface area contributed by atoms with E-state index in [1.807, 2.05) is 36.4 Å². The van der Waals surface area contributed by atoms with E-state index in [1.165, 1.54) is 0 Å². The van der Waals surface area contributed by atoms with Crippen LogP contribution in [0.25, 0.3) is 0 Å². The van der Waals surface area contributed by atoms with Gasteiger partial charge in [0.2, 0.25) is 0 Å². The molecule has 0 fully saturated rings. The van der Waals surface area contributed by atoms with E-state index < -0.39 is 11.7 Å². The first-order valence-electron chi connectivity index (χ1n) is 3.98. The standard InChI is InChI=1S/C10H10ClNO/c1-8(7-12)13-10(11)9-5-3-2-4-6-9/h2-6,8,10H,1H3. The van der Waals surface area contributed by atoms with E-state index in [4.69, 9.17) is 21.6 Å². The molecular formula is C10H10ClNO. The van der Waals surface area contributed by atoms with Gasteiger partial charge in [-0.15, -0.1) is 0 Å². The number of rotatable bonds is 3. The van der Waals surface area contributed by atoms with E-state index in [1.54, 1.807) is 6.92 Å². The molecule has 0 saturated carbocycles. The number of hydrogen-bond donors (Lipinski definition) is 0. The van der Waals surface area contributed by atoms with E-state index in [0.717, 1.165) is 5.56 Å². The maximum atomic E-state index is 8.50. The van der Waals surface area contributed by atoms with Crippen LogP contribution in [0.2, 0.25) is 0 Å². The van der Waals surface area contributed by atoms with E-state index in [2.05, 4.69) is 0 Å². The second-order valence-corrected chi connectivity index (χ2v) is 3.03. The van der Waals surface area contributed by atoms with E-state index >= 15 is 0 Å². The second-order valence-electron chi connectivity index (χ2n) is 2.63. The maximum Gasteiger partial charge on any atom is 0.158 e. The Morgan fingerprint density at radius 1 is 1.38 bits per heavy atom. The van der Waals surface area contributed by atoms with Crippen molar-refractivity contribution in [2.45, 2.75) is 18.6 Å². The Morgan fingerprint density at radius 3 is 2.54 bits per heavy atom. The molecule has 2 unspecified atom stereocenters. The molecule has 68 valence electrons. The van der Waals surface area contributed by atoms with Crippen LogP contribution in [0.5, 0.6) is 0 Å². The van der Waals surface area contributed by atoms with Gasteiger partial charge in [-0.1, -0.05) is 41.9 Å². The average Bonchev–Trinajstić information content (AvgIpc) is 2.19. The summed E-state index contributed by atoms with van der Waals surface area (Å²) in [6.45, 7) is 1.66. The minimum Gasteiger partial charge on any atom is -0.340 e. The van der Waals surface area contributed by atoms with Crippen molar-refractivity contribution >= 4 is 11.6 Å². The molecule has 13 heavy (non-hydrogen) atoms. The summed E-state index contributed by atoms with van der Waals surface area (Å²) in [7, 11) is 0. The van der Waals surface area contributed by atoms with Crippen molar-refractivity contribution in [3.8, 4) is 6.07 Å². The summed E-state index contributed by atoms with van der Waals surface area (Å²) in [6, 6.07) is 11.3. The zero-order valence-corrected chi connectivity index (χ0v) is 8.03. The van der Waals surface area contributed by atoms with Gasteiger partial charge in [0.15, 0.2) is 5.56 Å². The number of benzene rings is 1. The summed E-state index contributed by atoms with van der Waals surface area (Å²) in [5.74, 6) is 0. The molecule has 0 spiro atoms. The van der Waals surface area contributed by atoms with Crippen LogP contribution in [-0.2, 0) is 4.74 Å². The van der Waals surface area contributed by atoms with Crippen LogP contribution in [0, 0.1) is 11.3 Å². The highest BCUT2D eigenvalue weighted by Gasteiger charge is 2.10. The van der Waals surface area contributed by atoms with Crippen molar-refractivity contribution in [3.63, 3.8) is 0 Å². The molecule has 0 radical (unpaired) electrons. The van der Waals surface area contributed by atoms with Crippen molar-refractivity contribution in [1.29, 1.82) is 5.26 Å². The van der Waals surface area contributed by atoms with Crippen molar-refractivity contribution < 1.29 is 4.74 Å². The third-order valence-electron chi connectivity index (χ3n) is 1.57. The largest absolute Gasteiger partial charge is 0.340 e. The SMILES string of the molecule is CC(C#N)OC(Cl)c1ccccc1. The number of hydrogen-bond acceptors (Lipinski definition) is 2. The van der Waals surface area contributed by atoms with Crippen LogP contribution >= 0.6 is 11.6 Å². The zero-order chi connectivity index (χ0) is 9.68. The van der Waals surface area contributed by atoms with Crippen molar-refractivity contribution in [2.24, 2.45) is 0 Å². The highest BCUT2D eigenvalue weighted by molar-refractivity contribution is 6.19. The monoisotopic (exact) mass is 195 g/mol. The second kappa shape index (κ2) is 4.86. The van der Waals surface area contributed by atoms with Gasteiger partial charge >= 0.3 is 0 Å². The molecule has 0 saturated heterocycles. The molecule has 0 heterocycles. The van der Waals surface area contributed by atoms with Crippen LogP contribution in [-0.4, -0.2) is 6.10 Å². The normalized spacial score (nSPS) is 14.5. The van der Waals surface area contributed by atoms with Gasteiger partial charge in [-0.25, -0.2) is 0 Å². The molecule has 2 atom stereocenters. The maximum absolute atomic E-state index is 8.50. The van der Waals surface area contributed by atoms with Crippen molar-refractivity contribution in [2.75, 3.05) is 0 Å². The lowest BCUT2D eigenvalue weighted by atomic mass is 10.2. The molecule has 0 aliphatic carbocycles. The molecule has 1 aromatic rings. The Balaban J connectivity index is 2.60. The lowest BCUT2D eigenvalue weighted by Gasteiger charge is -2.12. The molecule has 0 N–H and O–H groups in total. The molecule has 0 aliphatic rings. The molecule has 2 nitrogen and oxygen atoms in total. The van der Waals surface area contributed by atoms with E-state index in [-0.39, 0.29) is 0 Å². The summed E-state index contributed by atoms with van der Waals surface area (Å²) < 4.78 is 5.19. The fourth-order valence-electron chi connectivity index (χ4n) is 0.893. The first-order valence-corrected chi connectivity index (χ1v) is 4.42. The molecule has 0 bridgehead atoms. The number of nitrogens with zero attached hydrogens (tertiary/aromatic N) is 1. The Hall–Kier alpha value is -1.04. The van der Waals surface area contributed by atoms with Crippen LogP contribution in [0.15, 0.2) is 30.3 Å². The minimum atomic E-state index is -0.546. The lowest BCUT2D eigenvalue weighted by Crippen LogP contribution is -2.07. The first-order chi connectivity index (χ1) is 6.24. The van der Waals surface area contributed by atoms with Gasteiger partial charge in [-0.3, -0.25) is 0 Å². The van der Waals surface area contributed by atoms with Crippen molar-refractivity contribution in [1.82, 2.24) is 0 Å². The molecule has 1 rings (SSSR count). The summed E-state index contributed by atoms with van der Waals surface area (Å²) in [4.78, 5) is 0. The summed E-state index contributed by atoms with van der Waals surface area (Å²) in [5, 5.41) is 8.50. The number of ether oxygens (including phenoxy) is 1. The van der Waals surface area contributed by atoms with Crippen LogP contribution < -0.4 is 0 Å². The summed E-state index contributed by atoms with van der Waals surface area (Å²) in [6.07, 6.45) is -0.484. The number of alkyl halides is 1. The molecular weight excluding hydrogens is 186 g/mol. The van der Waals surface area contributed by atoms with Gasteiger partial charge in [-0.2, -0.15) is 5.26 Å². The smallest absolute Gasteiger partial charge is 0.158 e. The molecule has 0 amide bonds. The van der Waals surface area contributed by atoms with Crippen LogP contribution in [0.3, 0.4) is 0 Å². The van der Waals surface area contributed by atoms with Crippen molar-refractivity contribution in [3.05, 3.63) is 35.9 Å². The topological polar surface area (TPSA) is 33.0 Å². The van der Waals surface area contributed by atoms with Gasteiger partial charge in [0, 0.05) is 0 Å². The third-order valence-corrected chi connectivity index (χ3v) is 1.92. The Kier molecular flexibility index (Phi) is 3.75.